The molecule has 0 aromatic heterocycles. The predicted molar refractivity (Wildman–Crippen MR) is 91.3 cm³/mol. The Morgan fingerprint density at radius 1 is 0.870 bits per heavy atom. The summed E-state index contributed by atoms with van der Waals surface area (Å²) >= 11 is 1.59. The van der Waals surface area contributed by atoms with Gasteiger partial charge >= 0.3 is 145 Å². The fourth-order valence-corrected chi connectivity index (χ4v) is 5.60. The van der Waals surface area contributed by atoms with E-state index in [0.29, 0.717) is 3.63 Å². The first-order valence-electron chi connectivity index (χ1n) is 7.51. The van der Waals surface area contributed by atoms with Gasteiger partial charge in [-0.15, -0.1) is 0 Å². The first kappa shape index (κ1) is 20.9. The topological polar surface area (TPSA) is 0 Å². The Kier molecular flexibility index (Phi) is 7.11. The van der Waals surface area contributed by atoms with E-state index in [0.717, 1.165) is 0 Å². The maximum Gasteiger partial charge on any atom is -1.00 e. The van der Waals surface area contributed by atoms with Crippen LogP contribution < -0.4 is 30.0 Å². The molecule has 0 radical (unpaired) electrons. The van der Waals surface area contributed by atoms with Crippen molar-refractivity contribution in [1.82, 2.24) is 0 Å². The molecule has 0 N–H and O–H groups in total. The van der Waals surface area contributed by atoms with Gasteiger partial charge in [0, 0.05) is 0 Å². The van der Waals surface area contributed by atoms with Crippen molar-refractivity contribution in [3.63, 3.8) is 0 Å². The van der Waals surface area contributed by atoms with Gasteiger partial charge in [-0.05, 0) is 0 Å². The van der Waals surface area contributed by atoms with E-state index >= 15 is 0 Å². The van der Waals surface area contributed by atoms with E-state index in [9.17, 15) is 0 Å². The molecule has 1 atom stereocenters. The molecule has 0 aliphatic heterocycles. The van der Waals surface area contributed by atoms with Crippen molar-refractivity contribution in [2.24, 2.45) is 0 Å². The number of benzene rings is 2. The molecule has 0 fully saturated rings. The van der Waals surface area contributed by atoms with Crippen LogP contribution in [-0.2, 0) is 24.7 Å². The number of rotatable bonds is 2. The zero-order chi connectivity index (χ0) is 15.2. The predicted octanol–water partition coefficient (Wildman–Crippen LogP) is -1.09. The van der Waals surface area contributed by atoms with Gasteiger partial charge in [-0.1, -0.05) is 0 Å². The standard InChI is InChI=1S/C19H21Si.2ClH.Zr/c1-14-12-15-8-7-10-16(18(15)13-14)17-9-5-6-11-19(17)20(2,3)4;;;/h5-13H,1-4H3;2*1H;/q;;;+2/p-2. The molecular formula is C19H21Cl2SiZr. The van der Waals surface area contributed by atoms with Gasteiger partial charge in [0.1, 0.15) is 0 Å². The van der Waals surface area contributed by atoms with Crippen LogP contribution >= 0.6 is 0 Å². The zero-order valence-electron chi connectivity index (χ0n) is 14.0. The molecule has 0 spiro atoms. The van der Waals surface area contributed by atoms with Crippen LogP contribution in [0.25, 0.3) is 17.2 Å². The summed E-state index contributed by atoms with van der Waals surface area (Å²) < 4.78 is 0.645. The Morgan fingerprint density at radius 3 is 2.13 bits per heavy atom. The van der Waals surface area contributed by atoms with Gasteiger partial charge in [0.15, 0.2) is 0 Å². The van der Waals surface area contributed by atoms with Crippen LogP contribution in [0.4, 0.5) is 0 Å². The molecule has 0 nitrogen and oxygen atoms in total. The minimum absolute atomic E-state index is 0. The molecule has 23 heavy (non-hydrogen) atoms. The van der Waals surface area contributed by atoms with E-state index in [2.05, 4.69) is 75.1 Å². The van der Waals surface area contributed by atoms with Crippen molar-refractivity contribution in [1.29, 1.82) is 0 Å². The van der Waals surface area contributed by atoms with Crippen molar-refractivity contribution < 1.29 is 49.5 Å². The van der Waals surface area contributed by atoms with Crippen molar-refractivity contribution in [2.45, 2.75) is 30.2 Å². The van der Waals surface area contributed by atoms with Crippen LogP contribution in [0.15, 0.2) is 48.0 Å². The minimum atomic E-state index is -1.34. The first-order valence-corrected chi connectivity index (χ1v) is 12.4. The first-order chi connectivity index (χ1) is 9.89. The summed E-state index contributed by atoms with van der Waals surface area (Å²) in [6.07, 6.45) is 2.41. The molecule has 1 aliphatic rings. The van der Waals surface area contributed by atoms with Crippen LogP contribution in [0.1, 0.15) is 21.7 Å². The van der Waals surface area contributed by atoms with E-state index in [1.54, 1.807) is 29.9 Å². The second-order valence-electron chi connectivity index (χ2n) is 6.93. The van der Waals surface area contributed by atoms with Crippen LogP contribution in [0.3, 0.4) is 0 Å². The third kappa shape index (κ3) is 3.93. The average molecular weight is 440 g/mol. The number of fused-ring (bicyclic) bond motifs is 1. The number of halogens is 2. The summed E-state index contributed by atoms with van der Waals surface area (Å²) in [6.45, 7) is 9.57. The van der Waals surface area contributed by atoms with Crippen molar-refractivity contribution >= 4 is 19.3 Å². The summed E-state index contributed by atoms with van der Waals surface area (Å²) in [4.78, 5) is 0. The number of hydrogen-bond donors (Lipinski definition) is 0. The molecule has 4 heteroatoms. The van der Waals surface area contributed by atoms with E-state index in [4.69, 9.17) is 0 Å². The molecule has 2 aromatic carbocycles. The van der Waals surface area contributed by atoms with Crippen LogP contribution in [0, 0.1) is 0 Å². The summed E-state index contributed by atoms with van der Waals surface area (Å²) in [5, 5.41) is 1.57. The quantitative estimate of drug-likeness (QED) is 0.522. The summed E-state index contributed by atoms with van der Waals surface area (Å²) in [5.74, 6) is 0. The van der Waals surface area contributed by atoms with Crippen LogP contribution in [0.2, 0.25) is 19.6 Å². The van der Waals surface area contributed by atoms with Gasteiger partial charge in [0.05, 0.1) is 0 Å². The maximum absolute atomic E-state index is 2.43. The molecule has 0 heterocycles. The third-order valence-electron chi connectivity index (χ3n) is 4.30. The van der Waals surface area contributed by atoms with Gasteiger partial charge in [-0.3, -0.25) is 0 Å². The molecule has 0 saturated heterocycles. The second kappa shape index (κ2) is 7.83. The third-order valence-corrected chi connectivity index (χ3v) is 8.24. The summed E-state index contributed by atoms with van der Waals surface area (Å²) in [6, 6.07) is 15.9. The van der Waals surface area contributed by atoms with E-state index in [1.807, 2.05) is 0 Å². The molecule has 119 valence electrons. The molecule has 1 aliphatic carbocycles. The maximum atomic E-state index is 2.43. The van der Waals surface area contributed by atoms with Gasteiger partial charge in [-0.25, -0.2) is 0 Å². The van der Waals surface area contributed by atoms with Crippen LogP contribution in [-0.4, -0.2) is 8.07 Å². The number of hydrogen-bond acceptors (Lipinski definition) is 0. The minimum Gasteiger partial charge on any atom is -1.00 e. The normalized spacial score (nSPS) is 16.1. The Labute approximate surface area is 168 Å². The summed E-state index contributed by atoms with van der Waals surface area (Å²) in [5.41, 5.74) is 7.37. The van der Waals surface area contributed by atoms with Crippen LogP contribution in [0.5, 0.6) is 0 Å². The van der Waals surface area contributed by atoms with E-state index in [-0.39, 0.29) is 24.8 Å². The molecule has 0 bridgehead atoms. The molecule has 0 amide bonds. The summed E-state index contributed by atoms with van der Waals surface area (Å²) in [7, 11) is -1.34. The molecule has 3 rings (SSSR count). The molecular weight excluding hydrogens is 418 g/mol. The Hall–Kier alpha value is -0.140. The van der Waals surface area contributed by atoms with Crippen molar-refractivity contribution in [2.75, 3.05) is 0 Å². The van der Waals surface area contributed by atoms with E-state index < -0.39 is 8.07 Å². The smallest absolute Gasteiger partial charge is 1.00 e. The zero-order valence-corrected chi connectivity index (χ0v) is 18.9. The van der Waals surface area contributed by atoms with Gasteiger partial charge in [0.25, 0.3) is 0 Å². The van der Waals surface area contributed by atoms with Gasteiger partial charge in [-0.2, -0.15) is 0 Å². The fraction of sp³-hybridized carbons (Fsp3) is 0.263. The largest absolute Gasteiger partial charge is 1.00 e. The molecule has 0 saturated carbocycles. The molecule has 2 aromatic rings. The van der Waals surface area contributed by atoms with Gasteiger partial charge < -0.3 is 24.8 Å². The number of allylic oxidation sites excluding steroid dienone is 1. The fourth-order valence-electron chi connectivity index (χ4n) is 3.16. The van der Waals surface area contributed by atoms with Crippen molar-refractivity contribution in [3.05, 3.63) is 59.2 Å². The SMILES string of the molecule is CC1=Cc2c(-c3ccccc3[Si](C)(C)C)cccc2[CH]1[Zr+2].[Cl-].[Cl-]. The Morgan fingerprint density at radius 2 is 1.48 bits per heavy atom. The van der Waals surface area contributed by atoms with Crippen molar-refractivity contribution in [3.8, 4) is 11.1 Å². The van der Waals surface area contributed by atoms with E-state index in [1.165, 1.54) is 27.8 Å². The Bertz CT molecular complexity index is 732. The average Bonchev–Trinajstić information content (AvgIpc) is 2.74. The van der Waals surface area contributed by atoms with Gasteiger partial charge in [0.2, 0.25) is 0 Å². The molecule has 1 unspecified atom stereocenters. The second-order valence-corrected chi connectivity index (χ2v) is 13.4. The Balaban J connectivity index is 0.00000132. The monoisotopic (exact) mass is 437 g/mol.